The molecule has 1 fully saturated rings. The van der Waals surface area contributed by atoms with Crippen molar-refractivity contribution in [2.75, 3.05) is 6.54 Å². The summed E-state index contributed by atoms with van der Waals surface area (Å²) in [6.07, 6.45) is 6.95. The van der Waals surface area contributed by atoms with Crippen LogP contribution in [0.15, 0.2) is 23.3 Å². The number of aliphatic hydroxyl groups excluding tert-OH is 1. The van der Waals surface area contributed by atoms with Crippen LogP contribution in [0.5, 0.6) is 0 Å². The molecule has 3 rings (SSSR count). The Kier molecular flexibility index (Phi) is 4.67. The Balaban J connectivity index is 1.85. The summed E-state index contributed by atoms with van der Waals surface area (Å²) in [7, 11) is 0. The molecule has 0 unspecified atom stereocenters. The molecule has 2 heterocycles. The molecule has 2 N–H and O–H groups in total. The van der Waals surface area contributed by atoms with E-state index in [0.29, 0.717) is 34.5 Å². The zero-order chi connectivity index (χ0) is 17.3. The number of nitrogens with one attached hydrogen (secondary N) is 1. The number of fused-ring (bicyclic) bond motifs is 1. The quantitative estimate of drug-likeness (QED) is 0.797. The average Bonchev–Trinajstić information content (AvgIpc) is 2.95. The first-order chi connectivity index (χ1) is 11.5. The number of rotatable bonds is 4. The number of halogens is 1. The maximum Gasteiger partial charge on any atom is 0.261 e. The van der Waals surface area contributed by atoms with Gasteiger partial charge in [0.15, 0.2) is 5.78 Å². The summed E-state index contributed by atoms with van der Waals surface area (Å²) in [5.74, 6) is 2.28. The molecule has 0 saturated carbocycles. The second-order valence-electron chi connectivity index (χ2n) is 5.83. The van der Waals surface area contributed by atoms with Crippen molar-refractivity contribution in [1.82, 2.24) is 14.9 Å². The zero-order valence-electron chi connectivity index (χ0n) is 12.8. The Morgan fingerprint density at radius 1 is 1.54 bits per heavy atom. The van der Waals surface area contributed by atoms with E-state index in [2.05, 4.69) is 16.2 Å². The standard InChI is InChI=1S/C17H16ClN3O3/c1-2-10-5-14-12(7-13(10)18)17(24)21(9-20-14)8-11(22)6-15-16(23)3-4-19-15/h1,5,7,9,15-16,19,23H,3-4,6,8H2/t15-,16+/m0/s1. The van der Waals surface area contributed by atoms with E-state index in [0.717, 1.165) is 0 Å². The van der Waals surface area contributed by atoms with E-state index in [1.165, 1.54) is 17.0 Å². The SMILES string of the molecule is C#Cc1cc2ncn(CC(=O)C[C@@H]3NCC[C@H]3O)c(=O)c2cc1Cl. The van der Waals surface area contributed by atoms with Gasteiger partial charge in [-0.05, 0) is 25.1 Å². The summed E-state index contributed by atoms with van der Waals surface area (Å²) < 4.78 is 1.25. The minimum absolute atomic E-state index is 0.0960. The first-order valence-electron chi connectivity index (χ1n) is 7.58. The van der Waals surface area contributed by atoms with Crippen molar-refractivity contribution in [3.05, 3.63) is 39.4 Å². The van der Waals surface area contributed by atoms with E-state index < -0.39 is 6.10 Å². The number of aromatic nitrogens is 2. The van der Waals surface area contributed by atoms with Gasteiger partial charge in [0.1, 0.15) is 0 Å². The van der Waals surface area contributed by atoms with E-state index in [-0.39, 0.29) is 30.3 Å². The maximum absolute atomic E-state index is 12.5. The minimum atomic E-state index is -0.526. The molecule has 1 aromatic carbocycles. The Morgan fingerprint density at radius 3 is 3.00 bits per heavy atom. The number of hydrogen-bond acceptors (Lipinski definition) is 5. The van der Waals surface area contributed by atoms with Gasteiger partial charge in [-0.15, -0.1) is 6.42 Å². The summed E-state index contributed by atoms with van der Waals surface area (Å²) in [5.41, 5.74) is 0.555. The molecule has 1 aromatic heterocycles. The maximum atomic E-state index is 12.5. The molecule has 1 aliphatic heterocycles. The Labute approximate surface area is 143 Å². The number of benzene rings is 1. The Morgan fingerprint density at radius 2 is 2.33 bits per heavy atom. The highest BCUT2D eigenvalue weighted by molar-refractivity contribution is 6.32. The van der Waals surface area contributed by atoms with Crippen molar-refractivity contribution in [1.29, 1.82) is 0 Å². The number of ketones is 1. The number of carbonyl (C=O) groups excluding carboxylic acids is 1. The third kappa shape index (κ3) is 3.20. The number of nitrogens with zero attached hydrogens (tertiary/aromatic N) is 2. The number of carbonyl (C=O) groups is 1. The van der Waals surface area contributed by atoms with Crippen molar-refractivity contribution < 1.29 is 9.90 Å². The highest BCUT2D eigenvalue weighted by Gasteiger charge is 2.26. The third-order valence-corrected chi connectivity index (χ3v) is 4.49. The second kappa shape index (κ2) is 6.73. The van der Waals surface area contributed by atoms with Crippen LogP contribution in [-0.4, -0.2) is 39.1 Å². The van der Waals surface area contributed by atoms with Gasteiger partial charge in [0.25, 0.3) is 5.56 Å². The van der Waals surface area contributed by atoms with Crippen LogP contribution in [0.2, 0.25) is 5.02 Å². The van der Waals surface area contributed by atoms with Gasteiger partial charge >= 0.3 is 0 Å². The molecule has 0 bridgehead atoms. The van der Waals surface area contributed by atoms with Crippen molar-refractivity contribution in [3.63, 3.8) is 0 Å². The summed E-state index contributed by atoms with van der Waals surface area (Å²) >= 11 is 6.04. The monoisotopic (exact) mass is 345 g/mol. The summed E-state index contributed by atoms with van der Waals surface area (Å²) in [5, 5.41) is 13.4. The normalized spacial score (nSPS) is 20.2. The molecule has 1 saturated heterocycles. The van der Waals surface area contributed by atoms with Crippen LogP contribution in [-0.2, 0) is 11.3 Å². The Hall–Kier alpha value is -2.20. The van der Waals surface area contributed by atoms with Crippen LogP contribution in [0.3, 0.4) is 0 Å². The van der Waals surface area contributed by atoms with Gasteiger partial charge in [0.05, 0.1) is 34.9 Å². The van der Waals surface area contributed by atoms with Crippen LogP contribution >= 0.6 is 11.6 Å². The molecule has 7 heteroatoms. The van der Waals surface area contributed by atoms with Gasteiger partial charge in [-0.25, -0.2) is 4.98 Å². The lowest BCUT2D eigenvalue weighted by atomic mass is 10.1. The van der Waals surface area contributed by atoms with Crippen LogP contribution in [0.4, 0.5) is 0 Å². The summed E-state index contributed by atoms with van der Waals surface area (Å²) in [6.45, 7) is 0.591. The molecule has 1 aliphatic rings. The number of aliphatic hydroxyl groups is 1. The van der Waals surface area contributed by atoms with E-state index in [9.17, 15) is 14.7 Å². The molecule has 24 heavy (non-hydrogen) atoms. The van der Waals surface area contributed by atoms with Crippen LogP contribution in [0.1, 0.15) is 18.4 Å². The van der Waals surface area contributed by atoms with E-state index in [1.807, 2.05) is 0 Å². The average molecular weight is 346 g/mol. The molecule has 124 valence electrons. The van der Waals surface area contributed by atoms with Gasteiger partial charge in [-0.1, -0.05) is 17.5 Å². The predicted molar refractivity (Wildman–Crippen MR) is 91.0 cm³/mol. The summed E-state index contributed by atoms with van der Waals surface area (Å²) in [6, 6.07) is 2.79. The topological polar surface area (TPSA) is 84.2 Å². The zero-order valence-corrected chi connectivity index (χ0v) is 13.6. The second-order valence-corrected chi connectivity index (χ2v) is 6.24. The largest absolute Gasteiger partial charge is 0.391 e. The van der Waals surface area contributed by atoms with Gasteiger partial charge < -0.3 is 10.4 Å². The lowest BCUT2D eigenvalue weighted by Gasteiger charge is -2.14. The first-order valence-corrected chi connectivity index (χ1v) is 7.96. The fourth-order valence-electron chi connectivity index (χ4n) is 2.86. The van der Waals surface area contributed by atoms with Crippen LogP contribution in [0, 0.1) is 12.3 Å². The van der Waals surface area contributed by atoms with Gasteiger partial charge in [0, 0.05) is 18.0 Å². The molecule has 0 aliphatic carbocycles. The van der Waals surface area contributed by atoms with Gasteiger partial charge in [0.2, 0.25) is 0 Å². The lowest BCUT2D eigenvalue weighted by Crippen LogP contribution is -2.34. The Bertz CT molecular complexity index is 900. The summed E-state index contributed by atoms with van der Waals surface area (Å²) in [4.78, 5) is 28.9. The van der Waals surface area contributed by atoms with Crippen molar-refractivity contribution in [2.24, 2.45) is 0 Å². The van der Waals surface area contributed by atoms with Crippen LogP contribution in [0.25, 0.3) is 10.9 Å². The van der Waals surface area contributed by atoms with Gasteiger partial charge in [-0.2, -0.15) is 0 Å². The smallest absolute Gasteiger partial charge is 0.261 e. The molecule has 0 spiro atoms. The van der Waals surface area contributed by atoms with E-state index in [1.54, 1.807) is 6.07 Å². The molecule has 6 nitrogen and oxygen atoms in total. The number of hydrogen-bond donors (Lipinski definition) is 2. The molecular formula is C17H16ClN3O3. The first kappa shape index (κ1) is 16.7. The van der Waals surface area contributed by atoms with Crippen LogP contribution < -0.4 is 10.9 Å². The molecule has 0 radical (unpaired) electrons. The van der Waals surface area contributed by atoms with E-state index >= 15 is 0 Å². The lowest BCUT2D eigenvalue weighted by molar-refractivity contribution is -0.120. The molecular weight excluding hydrogens is 330 g/mol. The third-order valence-electron chi connectivity index (χ3n) is 4.17. The van der Waals surface area contributed by atoms with E-state index in [4.69, 9.17) is 18.0 Å². The predicted octanol–water partition coefficient (Wildman–Crippen LogP) is 0.713. The number of Topliss-reactive ketones (excluding diaryl/α,β-unsaturated/α-hetero) is 1. The van der Waals surface area contributed by atoms with Gasteiger partial charge in [-0.3, -0.25) is 14.2 Å². The molecule has 2 atom stereocenters. The van der Waals surface area contributed by atoms with Crippen molar-refractivity contribution >= 4 is 28.3 Å². The highest BCUT2D eigenvalue weighted by Crippen LogP contribution is 2.20. The molecule has 2 aromatic rings. The van der Waals surface area contributed by atoms with Crippen molar-refractivity contribution in [3.8, 4) is 12.3 Å². The highest BCUT2D eigenvalue weighted by atomic mass is 35.5. The number of terminal acetylenes is 1. The minimum Gasteiger partial charge on any atom is -0.391 e. The molecule has 0 amide bonds. The van der Waals surface area contributed by atoms with Crippen molar-refractivity contribution in [2.45, 2.75) is 31.5 Å². The fourth-order valence-corrected chi connectivity index (χ4v) is 3.08. The fraction of sp³-hybridized carbons (Fsp3) is 0.353.